The second-order valence-electron chi connectivity index (χ2n) is 5.63. The summed E-state index contributed by atoms with van der Waals surface area (Å²) >= 11 is 3.32. The highest BCUT2D eigenvalue weighted by molar-refractivity contribution is 9.10. The maximum absolute atomic E-state index is 12.6. The van der Waals surface area contributed by atoms with Gasteiger partial charge < -0.3 is 15.1 Å². The molecule has 1 amide bonds. The highest BCUT2D eigenvalue weighted by atomic mass is 79.9. The fraction of sp³-hybridized carbons (Fsp3) is 0.158. The van der Waals surface area contributed by atoms with E-state index in [1.54, 1.807) is 48.5 Å². The second-order valence-corrected chi connectivity index (χ2v) is 6.55. The molecule has 0 aromatic heterocycles. The van der Waals surface area contributed by atoms with Gasteiger partial charge in [0, 0.05) is 16.6 Å². The number of rotatable bonds is 4. The smallest absolute Gasteiger partial charge is 0.295 e. The number of hydrogen-bond acceptors (Lipinski definition) is 4. The van der Waals surface area contributed by atoms with Crippen molar-refractivity contribution in [3.8, 4) is 0 Å². The molecule has 3 rings (SSSR count). The standard InChI is InChI=1S/C19H16BrNO4/c20-14-8-6-13(7-9-14)17(23)15-16(12-4-2-1-3-5-12)21(10-11-22)19(25)18(15)24/h1-9,16,22-23H,10-11H2. The minimum Gasteiger partial charge on any atom is -0.507 e. The molecule has 1 fully saturated rings. The molecule has 6 heteroatoms. The van der Waals surface area contributed by atoms with Crippen LogP contribution in [-0.4, -0.2) is 40.0 Å². The number of aliphatic hydroxyl groups excluding tert-OH is 2. The SMILES string of the molecule is O=C1C(=O)N(CCO)C(c2ccccc2)C1=C(O)c1ccc(Br)cc1. The molecule has 0 saturated carbocycles. The molecule has 1 atom stereocenters. The van der Waals surface area contributed by atoms with Gasteiger partial charge in [0.25, 0.3) is 11.7 Å². The van der Waals surface area contributed by atoms with E-state index in [1.807, 2.05) is 6.07 Å². The molecule has 0 spiro atoms. The van der Waals surface area contributed by atoms with Crippen molar-refractivity contribution in [2.24, 2.45) is 0 Å². The Labute approximate surface area is 153 Å². The summed E-state index contributed by atoms with van der Waals surface area (Å²) < 4.78 is 0.837. The van der Waals surface area contributed by atoms with Gasteiger partial charge >= 0.3 is 0 Å². The molecular formula is C19H16BrNO4. The van der Waals surface area contributed by atoms with Crippen molar-refractivity contribution in [2.45, 2.75) is 6.04 Å². The number of β-amino-alcohol motifs (C(OH)–C–C–N with tert-alkyl or cyclic N) is 1. The maximum Gasteiger partial charge on any atom is 0.295 e. The van der Waals surface area contributed by atoms with Gasteiger partial charge in [-0.1, -0.05) is 58.4 Å². The van der Waals surface area contributed by atoms with Crippen LogP contribution in [0.25, 0.3) is 5.76 Å². The molecule has 1 unspecified atom stereocenters. The zero-order valence-electron chi connectivity index (χ0n) is 13.2. The number of nitrogens with zero attached hydrogens (tertiary/aromatic N) is 1. The first-order valence-corrected chi connectivity index (χ1v) is 8.54. The lowest BCUT2D eigenvalue weighted by molar-refractivity contribution is -0.140. The van der Waals surface area contributed by atoms with E-state index in [0.29, 0.717) is 11.1 Å². The van der Waals surface area contributed by atoms with Crippen LogP contribution in [0.5, 0.6) is 0 Å². The Kier molecular flexibility index (Phi) is 5.01. The second kappa shape index (κ2) is 7.21. The molecule has 0 bridgehead atoms. The van der Waals surface area contributed by atoms with E-state index in [4.69, 9.17) is 0 Å². The summed E-state index contributed by atoms with van der Waals surface area (Å²) in [6.07, 6.45) is 0. The number of benzene rings is 2. The Morgan fingerprint density at radius 3 is 2.28 bits per heavy atom. The molecular weight excluding hydrogens is 386 g/mol. The summed E-state index contributed by atoms with van der Waals surface area (Å²) in [7, 11) is 0. The van der Waals surface area contributed by atoms with E-state index in [-0.39, 0.29) is 24.5 Å². The van der Waals surface area contributed by atoms with Crippen LogP contribution >= 0.6 is 15.9 Å². The van der Waals surface area contributed by atoms with Crippen LogP contribution in [0.1, 0.15) is 17.2 Å². The van der Waals surface area contributed by atoms with Crippen molar-refractivity contribution >= 4 is 33.4 Å². The molecule has 0 aliphatic carbocycles. The lowest BCUT2D eigenvalue weighted by Gasteiger charge is -2.24. The van der Waals surface area contributed by atoms with Crippen molar-refractivity contribution in [3.63, 3.8) is 0 Å². The quantitative estimate of drug-likeness (QED) is 0.469. The minimum atomic E-state index is -0.747. The molecule has 1 heterocycles. The van der Waals surface area contributed by atoms with E-state index >= 15 is 0 Å². The van der Waals surface area contributed by atoms with Crippen molar-refractivity contribution < 1.29 is 19.8 Å². The average molecular weight is 402 g/mol. The molecule has 5 nitrogen and oxygen atoms in total. The molecule has 0 radical (unpaired) electrons. The van der Waals surface area contributed by atoms with Gasteiger partial charge in [0.1, 0.15) is 5.76 Å². The third-order valence-corrected chi connectivity index (χ3v) is 4.64. The molecule has 2 N–H and O–H groups in total. The predicted molar refractivity (Wildman–Crippen MR) is 96.7 cm³/mol. The topological polar surface area (TPSA) is 77.8 Å². The molecule has 25 heavy (non-hydrogen) atoms. The summed E-state index contributed by atoms with van der Waals surface area (Å²) in [6.45, 7) is -0.254. The van der Waals surface area contributed by atoms with Crippen LogP contribution in [0.15, 0.2) is 64.6 Å². The molecule has 128 valence electrons. The van der Waals surface area contributed by atoms with Gasteiger partial charge in [0.2, 0.25) is 0 Å². The zero-order chi connectivity index (χ0) is 18.0. The van der Waals surface area contributed by atoms with Gasteiger partial charge in [-0.25, -0.2) is 0 Å². The van der Waals surface area contributed by atoms with E-state index in [9.17, 15) is 19.8 Å². The van der Waals surface area contributed by atoms with Crippen molar-refractivity contribution in [1.82, 2.24) is 4.90 Å². The number of amides is 1. The third kappa shape index (κ3) is 3.23. The molecule has 1 saturated heterocycles. The Balaban J connectivity index is 2.17. The number of aliphatic hydroxyl groups is 2. The number of halogens is 1. The summed E-state index contributed by atoms with van der Waals surface area (Å²) in [4.78, 5) is 26.2. The van der Waals surface area contributed by atoms with Crippen molar-refractivity contribution in [1.29, 1.82) is 0 Å². The van der Waals surface area contributed by atoms with E-state index in [0.717, 1.165) is 4.47 Å². The Morgan fingerprint density at radius 1 is 1.04 bits per heavy atom. The zero-order valence-corrected chi connectivity index (χ0v) is 14.8. The number of hydrogen-bond donors (Lipinski definition) is 2. The number of Topliss-reactive ketones (excluding diaryl/α,β-unsaturated/α-hetero) is 1. The maximum atomic E-state index is 12.6. The van der Waals surface area contributed by atoms with Crippen LogP contribution in [0.4, 0.5) is 0 Å². The average Bonchev–Trinajstić information content (AvgIpc) is 2.88. The van der Waals surface area contributed by atoms with Gasteiger partial charge in [0.15, 0.2) is 0 Å². The lowest BCUT2D eigenvalue weighted by atomic mass is 9.95. The highest BCUT2D eigenvalue weighted by Gasteiger charge is 2.45. The number of ketones is 1. The third-order valence-electron chi connectivity index (χ3n) is 4.11. The van der Waals surface area contributed by atoms with Gasteiger partial charge in [-0.2, -0.15) is 0 Å². The van der Waals surface area contributed by atoms with Crippen molar-refractivity contribution in [3.05, 3.63) is 75.8 Å². The van der Waals surface area contributed by atoms with Crippen LogP contribution in [0, 0.1) is 0 Å². The predicted octanol–water partition coefficient (Wildman–Crippen LogP) is 2.86. The Hall–Kier alpha value is -2.44. The summed E-state index contributed by atoms with van der Waals surface area (Å²) in [6, 6.07) is 15.1. The van der Waals surface area contributed by atoms with Gasteiger partial charge in [-0.15, -0.1) is 0 Å². The van der Waals surface area contributed by atoms with Crippen LogP contribution in [0.3, 0.4) is 0 Å². The van der Waals surface area contributed by atoms with E-state index in [1.165, 1.54) is 4.90 Å². The van der Waals surface area contributed by atoms with E-state index < -0.39 is 17.7 Å². The van der Waals surface area contributed by atoms with Crippen LogP contribution < -0.4 is 0 Å². The van der Waals surface area contributed by atoms with Gasteiger partial charge in [-0.3, -0.25) is 9.59 Å². The van der Waals surface area contributed by atoms with Gasteiger partial charge in [0.05, 0.1) is 18.2 Å². The Bertz CT molecular complexity index is 830. The number of likely N-dealkylation sites (tertiary alicyclic amines) is 1. The number of carbonyl (C=O) groups is 2. The number of carbonyl (C=O) groups excluding carboxylic acids is 2. The fourth-order valence-electron chi connectivity index (χ4n) is 2.96. The normalized spacial score (nSPS) is 19.4. The van der Waals surface area contributed by atoms with Crippen LogP contribution in [0.2, 0.25) is 0 Å². The monoisotopic (exact) mass is 401 g/mol. The first-order valence-electron chi connectivity index (χ1n) is 7.74. The van der Waals surface area contributed by atoms with Gasteiger partial charge in [-0.05, 0) is 17.7 Å². The first kappa shape index (κ1) is 17.4. The largest absolute Gasteiger partial charge is 0.507 e. The van der Waals surface area contributed by atoms with Crippen LogP contribution in [-0.2, 0) is 9.59 Å². The minimum absolute atomic E-state index is 0.0151. The first-order chi connectivity index (χ1) is 12.0. The fourth-order valence-corrected chi connectivity index (χ4v) is 3.23. The highest BCUT2D eigenvalue weighted by Crippen LogP contribution is 2.39. The molecule has 1 aliphatic rings. The summed E-state index contributed by atoms with van der Waals surface area (Å²) in [5, 5.41) is 20.0. The van der Waals surface area contributed by atoms with E-state index in [2.05, 4.69) is 15.9 Å². The molecule has 1 aliphatic heterocycles. The molecule has 2 aromatic rings. The lowest BCUT2D eigenvalue weighted by Crippen LogP contribution is -2.32. The summed E-state index contributed by atoms with van der Waals surface area (Å²) in [5.74, 6) is -1.69. The molecule has 2 aromatic carbocycles. The van der Waals surface area contributed by atoms with Crippen molar-refractivity contribution in [2.75, 3.05) is 13.2 Å². The Morgan fingerprint density at radius 2 is 1.68 bits per heavy atom. The summed E-state index contributed by atoms with van der Waals surface area (Å²) in [5.41, 5.74) is 1.19.